The molecule has 206 valence electrons. The van der Waals surface area contributed by atoms with Crippen LogP contribution in [0.5, 0.6) is 0 Å². The molecule has 1 atom stereocenters. The lowest BCUT2D eigenvalue weighted by molar-refractivity contribution is -0.113. The highest BCUT2D eigenvalue weighted by molar-refractivity contribution is 6.48. The molecule has 2 fully saturated rings. The van der Waals surface area contributed by atoms with Crippen molar-refractivity contribution in [2.45, 2.75) is 58.7 Å². The molecule has 2 aromatic rings. The summed E-state index contributed by atoms with van der Waals surface area (Å²) >= 11 is 0. The van der Waals surface area contributed by atoms with Crippen LogP contribution < -0.4 is 5.32 Å². The number of Topliss-reactive ketones (excluding diaryl/α,β-unsaturated/α-hetero) is 1. The maximum absolute atomic E-state index is 13.6. The summed E-state index contributed by atoms with van der Waals surface area (Å²) in [7, 11) is -0.645. The minimum absolute atomic E-state index is 0.00136. The fourth-order valence-electron chi connectivity index (χ4n) is 4.52. The van der Waals surface area contributed by atoms with Gasteiger partial charge in [-0.15, -0.1) is 0 Å². The van der Waals surface area contributed by atoms with Crippen molar-refractivity contribution in [3.63, 3.8) is 0 Å². The smallest absolute Gasteiger partial charge is 0.402 e. The van der Waals surface area contributed by atoms with Gasteiger partial charge in [0.1, 0.15) is 11.6 Å². The number of carbonyl (C=O) groups excluding carboxylic acids is 2. The number of amides is 2. The average Bonchev–Trinajstić information content (AvgIpc) is 3.08. The molecule has 0 radical (unpaired) electrons. The van der Waals surface area contributed by atoms with Crippen molar-refractivity contribution in [1.82, 2.24) is 10.2 Å². The zero-order chi connectivity index (χ0) is 28.5. The molecule has 2 saturated heterocycles. The number of likely N-dealkylation sites (tertiary alicyclic amines) is 1. The number of benzene rings is 2. The number of hydrogen-bond donors (Lipinski definition) is 1. The molecule has 39 heavy (non-hydrogen) atoms. The summed E-state index contributed by atoms with van der Waals surface area (Å²) in [6.07, 6.45) is 3.32. The van der Waals surface area contributed by atoms with Crippen LogP contribution in [-0.2, 0) is 14.1 Å². The molecule has 2 aliphatic heterocycles. The SMILES string of the molecule is CC(C)[C@H](NC(=O)N1C/C(=C\c2ccc(F)cc2)C(=O)/C(=C/c2ccc(F)cc2)C1)B1OC(C)(C)C(C)(C)O1. The number of piperidine rings is 1. The fourth-order valence-corrected chi connectivity index (χ4v) is 4.52. The van der Waals surface area contributed by atoms with Crippen molar-refractivity contribution in [3.05, 3.63) is 82.4 Å². The molecule has 4 rings (SSSR count). The summed E-state index contributed by atoms with van der Waals surface area (Å²) in [4.78, 5) is 28.6. The lowest BCUT2D eigenvalue weighted by Crippen LogP contribution is -2.56. The lowest BCUT2D eigenvalue weighted by atomic mass is 9.72. The van der Waals surface area contributed by atoms with Crippen molar-refractivity contribution in [1.29, 1.82) is 0 Å². The van der Waals surface area contributed by atoms with Gasteiger partial charge in [0.2, 0.25) is 0 Å². The molecule has 1 N–H and O–H groups in total. The molecule has 0 aromatic heterocycles. The van der Waals surface area contributed by atoms with Gasteiger partial charge in [-0.05, 0) is 81.2 Å². The summed E-state index contributed by atoms with van der Waals surface area (Å²) in [5.41, 5.74) is 0.939. The van der Waals surface area contributed by atoms with Gasteiger partial charge in [0.25, 0.3) is 0 Å². The van der Waals surface area contributed by atoms with Gasteiger partial charge in [-0.3, -0.25) is 4.79 Å². The Morgan fingerprint density at radius 1 is 0.872 bits per heavy atom. The Labute approximate surface area is 229 Å². The standard InChI is InChI=1S/C30H35BF2N2O4/c1-19(2)27(31-38-29(3,4)30(5,6)39-31)34-28(37)35-17-22(15-20-7-11-24(32)12-8-20)26(36)23(18-35)16-21-9-13-25(33)14-10-21/h7-16,19,27H,17-18H2,1-6H3,(H,34,37)/b22-15+,23-16+/t27-/m0/s1. The summed E-state index contributed by atoms with van der Waals surface area (Å²) in [5, 5.41) is 3.07. The first-order valence-electron chi connectivity index (χ1n) is 13.1. The van der Waals surface area contributed by atoms with Crippen LogP contribution in [0, 0.1) is 17.6 Å². The van der Waals surface area contributed by atoms with E-state index >= 15 is 0 Å². The predicted molar refractivity (Wildman–Crippen MR) is 149 cm³/mol. The van der Waals surface area contributed by atoms with Crippen LogP contribution in [0.15, 0.2) is 59.7 Å². The van der Waals surface area contributed by atoms with E-state index in [2.05, 4.69) is 5.32 Å². The first-order valence-corrected chi connectivity index (χ1v) is 13.1. The van der Waals surface area contributed by atoms with Gasteiger partial charge in [-0.25, -0.2) is 13.6 Å². The highest BCUT2D eigenvalue weighted by Gasteiger charge is 2.54. The maximum atomic E-state index is 13.6. The number of nitrogens with zero attached hydrogens (tertiary/aromatic N) is 1. The molecule has 0 unspecified atom stereocenters. The van der Waals surface area contributed by atoms with Crippen LogP contribution in [0.25, 0.3) is 12.2 Å². The van der Waals surface area contributed by atoms with Gasteiger partial charge in [0, 0.05) is 11.1 Å². The highest BCUT2D eigenvalue weighted by atomic mass is 19.1. The van der Waals surface area contributed by atoms with E-state index in [1.165, 1.54) is 24.3 Å². The third-order valence-corrected chi connectivity index (χ3v) is 7.59. The second kappa shape index (κ2) is 11.1. The maximum Gasteiger partial charge on any atom is 0.482 e. The van der Waals surface area contributed by atoms with Gasteiger partial charge in [-0.2, -0.15) is 0 Å². The van der Waals surface area contributed by atoms with E-state index in [0.717, 1.165) is 0 Å². The second-order valence-electron chi connectivity index (χ2n) is 11.5. The Kier molecular flexibility index (Phi) is 8.14. The normalized spacial score (nSPS) is 21.6. The monoisotopic (exact) mass is 536 g/mol. The topological polar surface area (TPSA) is 67.9 Å². The van der Waals surface area contributed by atoms with Crippen LogP contribution in [0.1, 0.15) is 52.7 Å². The van der Waals surface area contributed by atoms with Crippen molar-refractivity contribution in [3.8, 4) is 0 Å². The fraction of sp³-hybridized carbons (Fsp3) is 0.400. The van der Waals surface area contributed by atoms with Crippen LogP contribution in [0.3, 0.4) is 0 Å². The van der Waals surface area contributed by atoms with Crippen molar-refractivity contribution >= 4 is 31.1 Å². The third-order valence-electron chi connectivity index (χ3n) is 7.59. The summed E-state index contributed by atoms with van der Waals surface area (Å²) < 4.78 is 39.3. The van der Waals surface area contributed by atoms with Crippen LogP contribution >= 0.6 is 0 Å². The van der Waals surface area contributed by atoms with E-state index in [1.807, 2.05) is 41.5 Å². The summed E-state index contributed by atoms with van der Waals surface area (Å²) in [6, 6.07) is 11.2. The minimum Gasteiger partial charge on any atom is -0.402 e. The molecule has 6 nitrogen and oxygen atoms in total. The van der Waals surface area contributed by atoms with Crippen molar-refractivity contribution < 1.29 is 27.7 Å². The number of hydrogen-bond acceptors (Lipinski definition) is 4. The Morgan fingerprint density at radius 2 is 1.28 bits per heavy atom. The molecular weight excluding hydrogens is 501 g/mol. The van der Waals surface area contributed by atoms with E-state index in [1.54, 1.807) is 41.3 Å². The van der Waals surface area contributed by atoms with Gasteiger partial charge >= 0.3 is 13.1 Å². The third kappa shape index (κ3) is 6.48. The van der Waals surface area contributed by atoms with Crippen LogP contribution in [0.4, 0.5) is 13.6 Å². The lowest BCUT2D eigenvalue weighted by Gasteiger charge is -2.33. The molecule has 2 heterocycles. The summed E-state index contributed by atoms with van der Waals surface area (Å²) in [5.74, 6) is -1.43. The number of halogens is 2. The quantitative estimate of drug-likeness (QED) is 0.395. The van der Waals surface area contributed by atoms with E-state index in [9.17, 15) is 18.4 Å². The summed E-state index contributed by atoms with van der Waals surface area (Å²) in [6.45, 7) is 11.9. The molecule has 0 aliphatic carbocycles. The van der Waals surface area contributed by atoms with Gasteiger partial charge < -0.3 is 19.5 Å². The Bertz CT molecular complexity index is 1200. The van der Waals surface area contributed by atoms with Gasteiger partial charge in [0.05, 0.1) is 30.2 Å². The molecule has 0 saturated carbocycles. The second-order valence-corrected chi connectivity index (χ2v) is 11.5. The molecule has 0 spiro atoms. The van der Waals surface area contributed by atoms with Crippen LogP contribution in [0.2, 0.25) is 0 Å². The Hall–Kier alpha value is -3.30. The van der Waals surface area contributed by atoms with E-state index in [4.69, 9.17) is 9.31 Å². The number of carbonyl (C=O) groups is 2. The first kappa shape index (κ1) is 28.7. The minimum atomic E-state index is -0.645. The van der Waals surface area contributed by atoms with Gasteiger partial charge in [-0.1, -0.05) is 38.1 Å². The number of urea groups is 1. The zero-order valence-corrected chi connectivity index (χ0v) is 23.3. The molecule has 2 amide bonds. The predicted octanol–water partition coefficient (Wildman–Crippen LogP) is 5.68. The number of nitrogens with one attached hydrogen (secondary N) is 1. The zero-order valence-electron chi connectivity index (χ0n) is 23.3. The van der Waals surface area contributed by atoms with E-state index in [-0.39, 0.29) is 42.5 Å². The van der Waals surface area contributed by atoms with Crippen LogP contribution in [-0.4, -0.2) is 54.1 Å². The van der Waals surface area contributed by atoms with Gasteiger partial charge in [0.15, 0.2) is 5.78 Å². The molecule has 2 aliphatic rings. The van der Waals surface area contributed by atoms with Crippen molar-refractivity contribution in [2.24, 2.45) is 5.92 Å². The largest absolute Gasteiger partial charge is 0.482 e. The first-order chi connectivity index (χ1) is 18.3. The van der Waals surface area contributed by atoms with E-state index < -0.39 is 24.3 Å². The molecular formula is C30H35BF2N2O4. The number of rotatable bonds is 5. The molecule has 2 aromatic carbocycles. The number of ketones is 1. The molecule has 0 bridgehead atoms. The molecule has 9 heteroatoms. The highest BCUT2D eigenvalue weighted by Crippen LogP contribution is 2.38. The van der Waals surface area contributed by atoms with E-state index in [0.29, 0.717) is 22.3 Å². The Balaban J connectivity index is 1.62. The Morgan fingerprint density at radius 3 is 1.67 bits per heavy atom. The average molecular weight is 536 g/mol. The van der Waals surface area contributed by atoms with Crippen molar-refractivity contribution in [2.75, 3.05) is 13.1 Å².